The molecule has 0 spiro atoms. The number of hydrazine groups is 1. The lowest BCUT2D eigenvalue weighted by molar-refractivity contribution is 0.597. The lowest BCUT2D eigenvalue weighted by atomic mass is 10.0. The summed E-state index contributed by atoms with van der Waals surface area (Å²) in [5, 5.41) is 0.0288. The van der Waals surface area contributed by atoms with Crippen LogP contribution in [0.25, 0.3) is 0 Å². The van der Waals surface area contributed by atoms with Crippen LogP contribution in [0.1, 0.15) is 17.3 Å². The molecule has 4 nitrogen and oxygen atoms in total. The first-order valence-corrected chi connectivity index (χ1v) is 5.27. The fourth-order valence-corrected chi connectivity index (χ4v) is 1.77. The molecule has 2 rings (SSSR count). The SMILES string of the molecule is NNC(c1cnccn1)c1cccc(F)c1Cl. The highest BCUT2D eigenvalue weighted by molar-refractivity contribution is 6.31. The van der Waals surface area contributed by atoms with Gasteiger partial charge in [0.2, 0.25) is 0 Å². The van der Waals surface area contributed by atoms with Crippen LogP contribution >= 0.6 is 11.6 Å². The largest absolute Gasteiger partial charge is 0.271 e. The van der Waals surface area contributed by atoms with Gasteiger partial charge in [-0.1, -0.05) is 23.7 Å². The van der Waals surface area contributed by atoms with Gasteiger partial charge in [-0.25, -0.2) is 9.82 Å². The zero-order valence-corrected chi connectivity index (χ0v) is 9.53. The molecule has 0 radical (unpaired) electrons. The first-order valence-electron chi connectivity index (χ1n) is 4.90. The third kappa shape index (κ3) is 2.41. The Hall–Kier alpha value is -1.56. The molecule has 1 aromatic heterocycles. The molecule has 0 aliphatic heterocycles. The summed E-state index contributed by atoms with van der Waals surface area (Å²) < 4.78 is 13.4. The van der Waals surface area contributed by atoms with Crippen LogP contribution in [0.15, 0.2) is 36.8 Å². The van der Waals surface area contributed by atoms with Crippen molar-refractivity contribution in [3.8, 4) is 0 Å². The Kier molecular flexibility index (Phi) is 3.63. The van der Waals surface area contributed by atoms with Gasteiger partial charge in [0.25, 0.3) is 0 Å². The van der Waals surface area contributed by atoms with Crippen molar-refractivity contribution in [3.05, 3.63) is 58.9 Å². The van der Waals surface area contributed by atoms with Crippen LogP contribution in [0.3, 0.4) is 0 Å². The number of halogens is 2. The van der Waals surface area contributed by atoms with Crippen molar-refractivity contribution in [1.29, 1.82) is 0 Å². The molecule has 0 amide bonds. The molecule has 1 unspecified atom stereocenters. The van der Waals surface area contributed by atoms with Gasteiger partial charge in [0.1, 0.15) is 5.82 Å². The lowest BCUT2D eigenvalue weighted by Crippen LogP contribution is -2.30. The predicted molar refractivity (Wildman–Crippen MR) is 62.6 cm³/mol. The van der Waals surface area contributed by atoms with E-state index in [9.17, 15) is 4.39 Å². The maximum absolute atomic E-state index is 13.4. The number of nitrogens with one attached hydrogen (secondary N) is 1. The molecule has 0 saturated carbocycles. The summed E-state index contributed by atoms with van der Waals surface area (Å²) in [6.45, 7) is 0. The molecule has 0 aliphatic rings. The highest BCUT2D eigenvalue weighted by Gasteiger charge is 2.18. The Morgan fingerprint density at radius 1 is 1.35 bits per heavy atom. The number of benzene rings is 1. The van der Waals surface area contributed by atoms with E-state index in [4.69, 9.17) is 17.4 Å². The quantitative estimate of drug-likeness (QED) is 0.646. The lowest BCUT2D eigenvalue weighted by Gasteiger charge is -2.16. The number of rotatable bonds is 3. The van der Waals surface area contributed by atoms with Gasteiger partial charge in [0.05, 0.1) is 23.0 Å². The molecule has 6 heteroatoms. The van der Waals surface area contributed by atoms with Crippen molar-refractivity contribution in [1.82, 2.24) is 15.4 Å². The summed E-state index contributed by atoms with van der Waals surface area (Å²) in [5.74, 6) is 4.96. The third-order valence-electron chi connectivity index (χ3n) is 2.34. The van der Waals surface area contributed by atoms with Crippen molar-refractivity contribution in [2.24, 2.45) is 5.84 Å². The van der Waals surface area contributed by atoms with E-state index in [1.807, 2.05) is 0 Å². The monoisotopic (exact) mass is 252 g/mol. The predicted octanol–water partition coefficient (Wildman–Crippen LogP) is 1.82. The Bertz CT molecular complexity index is 506. The highest BCUT2D eigenvalue weighted by Crippen LogP contribution is 2.28. The normalized spacial score (nSPS) is 12.4. The first-order chi connectivity index (χ1) is 8.24. The van der Waals surface area contributed by atoms with Crippen molar-refractivity contribution in [2.45, 2.75) is 6.04 Å². The summed E-state index contributed by atoms with van der Waals surface area (Å²) in [7, 11) is 0. The number of nitrogens with two attached hydrogens (primary N) is 1. The van der Waals surface area contributed by atoms with Gasteiger partial charge < -0.3 is 0 Å². The van der Waals surface area contributed by atoms with E-state index in [1.165, 1.54) is 12.3 Å². The number of hydrogen-bond donors (Lipinski definition) is 2. The second kappa shape index (κ2) is 5.18. The molecule has 0 saturated heterocycles. The van der Waals surface area contributed by atoms with Crippen LogP contribution in [0.5, 0.6) is 0 Å². The molecule has 1 atom stereocenters. The minimum Gasteiger partial charge on any atom is -0.271 e. The van der Waals surface area contributed by atoms with Crippen molar-refractivity contribution in [2.75, 3.05) is 0 Å². The number of hydrogen-bond acceptors (Lipinski definition) is 4. The summed E-state index contributed by atoms with van der Waals surface area (Å²) in [6, 6.07) is 4.05. The van der Waals surface area contributed by atoms with Gasteiger partial charge >= 0.3 is 0 Å². The van der Waals surface area contributed by atoms with E-state index in [-0.39, 0.29) is 5.02 Å². The Morgan fingerprint density at radius 2 is 2.18 bits per heavy atom. The first kappa shape index (κ1) is 11.9. The number of aromatic nitrogens is 2. The van der Waals surface area contributed by atoms with Crippen molar-refractivity contribution in [3.63, 3.8) is 0 Å². The molecule has 2 aromatic rings. The zero-order valence-electron chi connectivity index (χ0n) is 8.77. The molecule has 0 fully saturated rings. The van der Waals surface area contributed by atoms with E-state index < -0.39 is 11.9 Å². The molecular weight excluding hydrogens is 243 g/mol. The van der Waals surface area contributed by atoms with Crippen molar-refractivity contribution < 1.29 is 4.39 Å². The minimum absolute atomic E-state index is 0.0288. The molecule has 88 valence electrons. The van der Waals surface area contributed by atoms with E-state index in [1.54, 1.807) is 24.5 Å². The molecular formula is C11H10ClFN4. The summed E-state index contributed by atoms with van der Waals surface area (Å²) >= 11 is 5.90. The molecule has 0 bridgehead atoms. The van der Waals surface area contributed by atoms with Crippen molar-refractivity contribution >= 4 is 11.6 Å². The summed E-state index contributed by atoms with van der Waals surface area (Å²) in [4.78, 5) is 8.05. The van der Waals surface area contributed by atoms with Crippen LogP contribution in [-0.2, 0) is 0 Å². The average molecular weight is 253 g/mol. The molecule has 1 heterocycles. The van der Waals surface area contributed by atoms with Gasteiger partial charge in [-0.2, -0.15) is 0 Å². The fourth-order valence-electron chi connectivity index (χ4n) is 1.54. The number of nitrogens with zero attached hydrogens (tertiary/aromatic N) is 2. The minimum atomic E-state index is -0.494. The van der Waals surface area contributed by atoms with Gasteiger partial charge in [0, 0.05) is 12.4 Å². The standard InChI is InChI=1S/C11H10ClFN4/c12-10-7(2-1-3-8(10)13)11(17-14)9-6-15-4-5-16-9/h1-6,11,17H,14H2. The van der Waals surface area contributed by atoms with E-state index in [0.717, 1.165) is 0 Å². The average Bonchev–Trinajstić information content (AvgIpc) is 2.37. The second-order valence-electron chi connectivity index (χ2n) is 3.37. The van der Waals surface area contributed by atoms with E-state index >= 15 is 0 Å². The molecule has 1 aromatic carbocycles. The Labute approximate surface area is 103 Å². The van der Waals surface area contributed by atoms with E-state index in [2.05, 4.69) is 15.4 Å². The maximum Gasteiger partial charge on any atom is 0.142 e. The highest BCUT2D eigenvalue weighted by atomic mass is 35.5. The van der Waals surface area contributed by atoms with Gasteiger partial charge in [0.15, 0.2) is 0 Å². The van der Waals surface area contributed by atoms with Crippen LogP contribution in [0.4, 0.5) is 4.39 Å². The van der Waals surface area contributed by atoms with Crippen LogP contribution < -0.4 is 11.3 Å². The third-order valence-corrected chi connectivity index (χ3v) is 2.74. The van der Waals surface area contributed by atoms with Crippen LogP contribution in [0, 0.1) is 5.82 Å². The Morgan fingerprint density at radius 3 is 2.82 bits per heavy atom. The smallest absolute Gasteiger partial charge is 0.142 e. The Balaban J connectivity index is 2.46. The van der Waals surface area contributed by atoms with Crippen LogP contribution in [0.2, 0.25) is 5.02 Å². The molecule has 17 heavy (non-hydrogen) atoms. The van der Waals surface area contributed by atoms with Gasteiger partial charge in [-0.15, -0.1) is 0 Å². The second-order valence-corrected chi connectivity index (χ2v) is 3.75. The molecule has 0 aliphatic carbocycles. The summed E-state index contributed by atoms with van der Waals surface area (Å²) in [6.07, 6.45) is 4.63. The van der Waals surface area contributed by atoms with Gasteiger partial charge in [-0.3, -0.25) is 15.8 Å². The maximum atomic E-state index is 13.4. The fraction of sp³-hybridized carbons (Fsp3) is 0.0909. The topological polar surface area (TPSA) is 63.8 Å². The van der Waals surface area contributed by atoms with Crippen LogP contribution in [-0.4, -0.2) is 9.97 Å². The zero-order chi connectivity index (χ0) is 12.3. The summed E-state index contributed by atoms with van der Waals surface area (Å²) in [5.41, 5.74) is 3.64. The van der Waals surface area contributed by atoms with Gasteiger partial charge in [-0.05, 0) is 11.6 Å². The molecule has 3 N–H and O–H groups in total. The van der Waals surface area contributed by atoms with E-state index in [0.29, 0.717) is 11.3 Å².